The van der Waals surface area contributed by atoms with E-state index in [0.29, 0.717) is 5.02 Å². The summed E-state index contributed by atoms with van der Waals surface area (Å²) in [5.41, 5.74) is 1.69. The molecule has 1 heterocycles. The summed E-state index contributed by atoms with van der Waals surface area (Å²) in [6.07, 6.45) is 3.40. The summed E-state index contributed by atoms with van der Waals surface area (Å²) in [5.74, 6) is 0.202. The van der Waals surface area contributed by atoms with Crippen molar-refractivity contribution in [3.8, 4) is 16.9 Å². The van der Waals surface area contributed by atoms with Crippen molar-refractivity contribution in [1.82, 2.24) is 4.98 Å². The van der Waals surface area contributed by atoms with Gasteiger partial charge in [-0.3, -0.25) is 4.98 Å². The van der Waals surface area contributed by atoms with E-state index in [9.17, 15) is 5.11 Å². The summed E-state index contributed by atoms with van der Waals surface area (Å²) in [7, 11) is 0. The van der Waals surface area contributed by atoms with Crippen molar-refractivity contribution in [2.75, 3.05) is 0 Å². The zero-order valence-electron chi connectivity index (χ0n) is 7.31. The van der Waals surface area contributed by atoms with Crippen LogP contribution < -0.4 is 0 Å². The van der Waals surface area contributed by atoms with Crippen LogP contribution in [0.15, 0.2) is 42.7 Å². The number of aromatic hydroxyl groups is 1. The van der Waals surface area contributed by atoms with Crippen molar-refractivity contribution in [1.29, 1.82) is 0 Å². The second-order valence-electron chi connectivity index (χ2n) is 2.91. The van der Waals surface area contributed by atoms with Crippen LogP contribution in [0, 0.1) is 0 Å². The minimum Gasteiger partial charge on any atom is -0.508 e. The Morgan fingerprint density at radius 3 is 2.79 bits per heavy atom. The summed E-state index contributed by atoms with van der Waals surface area (Å²) in [4.78, 5) is 3.99. The molecule has 14 heavy (non-hydrogen) atoms. The van der Waals surface area contributed by atoms with Crippen LogP contribution in [-0.4, -0.2) is 10.1 Å². The molecule has 0 aliphatic heterocycles. The molecule has 0 atom stereocenters. The monoisotopic (exact) mass is 205 g/mol. The molecule has 0 spiro atoms. The number of halogens is 1. The predicted octanol–water partition coefficient (Wildman–Crippen LogP) is 3.11. The smallest absolute Gasteiger partial charge is 0.116 e. The molecule has 1 N–H and O–H groups in total. The average molecular weight is 206 g/mol. The maximum atomic E-state index is 9.32. The van der Waals surface area contributed by atoms with Crippen LogP contribution in [0.4, 0.5) is 0 Å². The molecule has 2 nitrogen and oxygen atoms in total. The third-order valence-corrected chi connectivity index (χ3v) is 2.25. The number of phenols is 1. The van der Waals surface area contributed by atoms with Crippen LogP contribution in [0.2, 0.25) is 5.02 Å². The van der Waals surface area contributed by atoms with Crippen LogP contribution >= 0.6 is 11.6 Å². The fourth-order valence-corrected chi connectivity index (χ4v) is 1.48. The van der Waals surface area contributed by atoms with Gasteiger partial charge in [-0.2, -0.15) is 0 Å². The fourth-order valence-electron chi connectivity index (χ4n) is 1.26. The first-order valence-corrected chi connectivity index (χ1v) is 4.54. The lowest BCUT2D eigenvalue weighted by Gasteiger charge is -2.03. The van der Waals surface area contributed by atoms with Crippen molar-refractivity contribution in [2.24, 2.45) is 0 Å². The maximum Gasteiger partial charge on any atom is 0.116 e. The standard InChI is InChI=1S/C11H8ClNO/c12-11-4-3-9(14)6-10(11)8-2-1-5-13-7-8/h1-7,14H. The molecule has 0 saturated carbocycles. The van der Waals surface area contributed by atoms with Gasteiger partial charge in [0, 0.05) is 28.5 Å². The summed E-state index contributed by atoms with van der Waals surface area (Å²) in [5, 5.41) is 9.93. The van der Waals surface area contributed by atoms with Gasteiger partial charge in [-0.1, -0.05) is 17.7 Å². The Balaban J connectivity index is 2.57. The summed E-state index contributed by atoms with van der Waals surface area (Å²) < 4.78 is 0. The second-order valence-corrected chi connectivity index (χ2v) is 3.31. The fraction of sp³-hybridized carbons (Fsp3) is 0. The molecule has 70 valence electrons. The first kappa shape index (κ1) is 9.03. The number of hydrogen-bond donors (Lipinski definition) is 1. The van der Waals surface area contributed by atoms with Gasteiger partial charge in [0.05, 0.1) is 0 Å². The normalized spacial score (nSPS) is 10.1. The molecule has 3 heteroatoms. The Kier molecular flexibility index (Phi) is 2.37. The summed E-state index contributed by atoms with van der Waals surface area (Å²) in [6, 6.07) is 8.57. The summed E-state index contributed by atoms with van der Waals surface area (Å²) in [6.45, 7) is 0. The van der Waals surface area contributed by atoms with E-state index < -0.39 is 0 Å². The molecule has 2 aromatic rings. The highest BCUT2D eigenvalue weighted by Crippen LogP contribution is 2.30. The average Bonchev–Trinajstić information content (AvgIpc) is 2.23. The van der Waals surface area contributed by atoms with Crippen LogP contribution in [0.3, 0.4) is 0 Å². The molecule has 0 fully saturated rings. The highest BCUT2D eigenvalue weighted by atomic mass is 35.5. The second kappa shape index (κ2) is 3.68. The van der Waals surface area contributed by atoms with Gasteiger partial charge in [-0.05, 0) is 24.3 Å². The maximum absolute atomic E-state index is 9.32. The Bertz CT molecular complexity index is 442. The van der Waals surface area contributed by atoms with Gasteiger partial charge in [0.2, 0.25) is 0 Å². The quantitative estimate of drug-likeness (QED) is 0.776. The van der Waals surface area contributed by atoms with Crippen LogP contribution in [0.25, 0.3) is 11.1 Å². The van der Waals surface area contributed by atoms with Crippen molar-refractivity contribution in [3.63, 3.8) is 0 Å². The third-order valence-electron chi connectivity index (χ3n) is 1.92. The van der Waals surface area contributed by atoms with Gasteiger partial charge in [0.15, 0.2) is 0 Å². The van der Waals surface area contributed by atoms with Crippen molar-refractivity contribution in [3.05, 3.63) is 47.7 Å². The molecule has 0 aliphatic carbocycles. The SMILES string of the molecule is Oc1ccc(Cl)c(-c2cccnc2)c1. The number of pyridine rings is 1. The first-order valence-electron chi connectivity index (χ1n) is 4.16. The van der Waals surface area contributed by atoms with Crippen LogP contribution in [-0.2, 0) is 0 Å². The predicted molar refractivity (Wildman–Crippen MR) is 56.3 cm³/mol. The van der Waals surface area contributed by atoms with Gasteiger partial charge < -0.3 is 5.11 Å². The molecule has 0 amide bonds. The molecule has 0 bridgehead atoms. The Morgan fingerprint density at radius 1 is 1.21 bits per heavy atom. The molecule has 1 aromatic carbocycles. The van der Waals surface area contributed by atoms with E-state index in [1.807, 2.05) is 12.1 Å². The largest absolute Gasteiger partial charge is 0.508 e. The lowest BCUT2D eigenvalue weighted by molar-refractivity contribution is 0.475. The van der Waals surface area contributed by atoms with Crippen molar-refractivity contribution >= 4 is 11.6 Å². The zero-order chi connectivity index (χ0) is 9.97. The molecule has 0 unspecified atom stereocenters. The van der Waals surface area contributed by atoms with E-state index in [1.165, 1.54) is 0 Å². The van der Waals surface area contributed by atoms with Gasteiger partial charge in [-0.15, -0.1) is 0 Å². The Morgan fingerprint density at radius 2 is 2.07 bits per heavy atom. The number of rotatable bonds is 1. The zero-order valence-corrected chi connectivity index (χ0v) is 8.07. The van der Waals surface area contributed by atoms with E-state index >= 15 is 0 Å². The highest BCUT2D eigenvalue weighted by molar-refractivity contribution is 6.33. The topological polar surface area (TPSA) is 33.1 Å². The van der Waals surface area contributed by atoms with E-state index in [1.54, 1.807) is 30.6 Å². The highest BCUT2D eigenvalue weighted by Gasteiger charge is 2.03. The van der Waals surface area contributed by atoms with Crippen molar-refractivity contribution < 1.29 is 5.11 Å². The van der Waals surface area contributed by atoms with E-state index in [4.69, 9.17) is 11.6 Å². The molecule has 2 rings (SSSR count). The number of aromatic nitrogens is 1. The Labute approximate surface area is 86.8 Å². The lowest BCUT2D eigenvalue weighted by Crippen LogP contribution is -1.80. The third kappa shape index (κ3) is 1.70. The summed E-state index contributed by atoms with van der Waals surface area (Å²) >= 11 is 5.99. The number of nitrogens with zero attached hydrogens (tertiary/aromatic N) is 1. The van der Waals surface area contributed by atoms with Gasteiger partial charge >= 0.3 is 0 Å². The van der Waals surface area contributed by atoms with Crippen LogP contribution in [0.5, 0.6) is 5.75 Å². The first-order chi connectivity index (χ1) is 6.77. The molecule has 1 aromatic heterocycles. The van der Waals surface area contributed by atoms with E-state index in [2.05, 4.69) is 4.98 Å². The molecule has 0 aliphatic rings. The molecule has 0 saturated heterocycles. The molecule has 0 radical (unpaired) electrons. The van der Waals surface area contributed by atoms with Crippen molar-refractivity contribution in [2.45, 2.75) is 0 Å². The van der Waals surface area contributed by atoms with E-state index in [0.717, 1.165) is 11.1 Å². The Hall–Kier alpha value is -1.54. The molecular weight excluding hydrogens is 198 g/mol. The van der Waals surface area contributed by atoms with E-state index in [-0.39, 0.29) is 5.75 Å². The minimum atomic E-state index is 0.202. The van der Waals surface area contributed by atoms with Gasteiger partial charge in [0.25, 0.3) is 0 Å². The number of benzene rings is 1. The minimum absolute atomic E-state index is 0.202. The van der Waals surface area contributed by atoms with Gasteiger partial charge in [-0.25, -0.2) is 0 Å². The van der Waals surface area contributed by atoms with Gasteiger partial charge in [0.1, 0.15) is 5.75 Å². The molecular formula is C11H8ClNO. The van der Waals surface area contributed by atoms with Crippen LogP contribution in [0.1, 0.15) is 0 Å². The number of phenolic OH excluding ortho intramolecular Hbond substituents is 1. The lowest BCUT2D eigenvalue weighted by atomic mass is 10.1. The number of hydrogen-bond acceptors (Lipinski definition) is 2.